The fourth-order valence-corrected chi connectivity index (χ4v) is 3.84. The third kappa shape index (κ3) is 4.93. The molecule has 0 spiro atoms. The third-order valence-corrected chi connectivity index (χ3v) is 5.16. The van der Waals surface area contributed by atoms with Gasteiger partial charge in [0.2, 0.25) is 15.9 Å². The molecule has 3 amide bonds. The second-order valence-corrected chi connectivity index (χ2v) is 7.72. The molecule has 0 radical (unpaired) electrons. The Bertz CT molecular complexity index is 703. The number of sulfonamides is 1. The van der Waals surface area contributed by atoms with Gasteiger partial charge in [0.1, 0.15) is 6.04 Å². The third-order valence-electron chi connectivity index (χ3n) is 3.87. The topological polar surface area (TPSA) is 122 Å². The maximum atomic E-state index is 12.4. The number of benzene rings is 1. The Morgan fingerprint density at radius 3 is 2.50 bits per heavy atom. The largest absolute Gasteiger partial charge is 0.351 e. The summed E-state index contributed by atoms with van der Waals surface area (Å²) >= 11 is 0. The van der Waals surface area contributed by atoms with Gasteiger partial charge in [0, 0.05) is 18.8 Å². The molecule has 24 heavy (non-hydrogen) atoms. The second-order valence-electron chi connectivity index (χ2n) is 5.79. The van der Waals surface area contributed by atoms with Crippen molar-refractivity contribution in [1.29, 1.82) is 0 Å². The summed E-state index contributed by atoms with van der Waals surface area (Å²) < 4.78 is 24.9. The van der Waals surface area contributed by atoms with Crippen molar-refractivity contribution < 1.29 is 18.0 Å². The van der Waals surface area contributed by atoms with Gasteiger partial charge in [-0.25, -0.2) is 13.2 Å². The lowest BCUT2D eigenvalue weighted by molar-refractivity contribution is -0.125. The van der Waals surface area contributed by atoms with Crippen LogP contribution in [0.5, 0.6) is 0 Å². The number of anilines is 1. The minimum atomic E-state index is -3.40. The molecule has 1 aromatic carbocycles. The van der Waals surface area contributed by atoms with Crippen molar-refractivity contribution in [3.8, 4) is 0 Å². The smallest absolute Gasteiger partial charge is 0.316 e. The molecule has 1 atom stereocenters. The summed E-state index contributed by atoms with van der Waals surface area (Å²) in [6, 6.07) is 5.56. The molecule has 0 aliphatic carbocycles. The Balaban J connectivity index is 1.95. The predicted molar refractivity (Wildman–Crippen MR) is 90.7 cm³/mol. The van der Waals surface area contributed by atoms with Crippen LogP contribution in [0.3, 0.4) is 0 Å². The quantitative estimate of drug-likeness (QED) is 0.717. The molecule has 1 aliphatic heterocycles. The number of carbonyl (C=O) groups excluding carboxylic acids is 2. The molecule has 9 heteroatoms. The van der Waals surface area contributed by atoms with Crippen LogP contribution >= 0.6 is 0 Å². The summed E-state index contributed by atoms with van der Waals surface area (Å²) in [5.74, 6) is -0.292. The van der Waals surface area contributed by atoms with Gasteiger partial charge < -0.3 is 16.4 Å². The van der Waals surface area contributed by atoms with Gasteiger partial charge >= 0.3 is 6.03 Å². The zero-order chi connectivity index (χ0) is 17.7. The van der Waals surface area contributed by atoms with Crippen LogP contribution in [0.4, 0.5) is 10.5 Å². The van der Waals surface area contributed by atoms with E-state index in [4.69, 9.17) is 5.73 Å². The number of hydrogen-bond donors (Lipinski definition) is 3. The first-order chi connectivity index (χ1) is 11.3. The average Bonchev–Trinajstić information content (AvgIpc) is 2.52. The number of carbonyl (C=O) groups is 2. The monoisotopic (exact) mass is 354 g/mol. The molecular weight excluding hydrogens is 332 g/mol. The van der Waals surface area contributed by atoms with Crippen LogP contribution in [-0.2, 0) is 21.4 Å². The van der Waals surface area contributed by atoms with Crippen molar-refractivity contribution >= 4 is 27.6 Å². The summed E-state index contributed by atoms with van der Waals surface area (Å²) in [6.07, 6.45) is 3.26. The molecule has 1 fully saturated rings. The van der Waals surface area contributed by atoms with Crippen molar-refractivity contribution in [1.82, 2.24) is 9.62 Å². The lowest BCUT2D eigenvalue weighted by atomic mass is 10.0. The normalized spacial score (nSPS) is 18.8. The van der Waals surface area contributed by atoms with Gasteiger partial charge in [0.15, 0.2) is 0 Å². The first-order valence-corrected chi connectivity index (χ1v) is 9.52. The predicted octanol–water partition coefficient (Wildman–Crippen LogP) is 0.608. The second kappa shape index (κ2) is 7.63. The zero-order valence-electron chi connectivity index (χ0n) is 13.5. The van der Waals surface area contributed by atoms with Crippen LogP contribution in [-0.4, -0.2) is 43.5 Å². The molecule has 1 aliphatic rings. The summed E-state index contributed by atoms with van der Waals surface area (Å²) in [4.78, 5) is 23.1. The molecule has 1 saturated heterocycles. The van der Waals surface area contributed by atoms with Gasteiger partial charge in [-0.3, -0.25) is 4.79 Å². The van der Waals surface area contributed by atoms with Crippen molar-refractivity contribution in [2.75, 3.05) is 18.1 Å². The number of amides is 3. The Morgan fingerprint density at radius 1 is 1.25 bits per heavy atom. The van der Waals surface area contributed by atoms with E-state index in [9.17, 15) is 18.0 Å². The van der Waals surface area contributed by atoms with Crippen molar-refractivity contribution in [2.24, 2.45) is 5.73 Å². The molecule has 132 valence electrons. The van der Waals surface area contributed by atoms with E-state index >= 15 is 0 Å². The number of rotatable bonds is 5. The van der Waals surface area contributed by atoms with E-state index in [2.05, 4.69) is 10.6 Å². The first-order valence-electron chi connectivity index (χ1n) is 7.67. The van der Waals surface area contributed by atoms with Crippen LogP contribution in [0.15, 0.2) is 24.3 Å². The summed E-state index contributed by atoms with van der Waals surface area (Å²) in [6.45, 7) is 0.661. The number of nitrogens with two attached hydrogens (primary N) is 1. The van der Waals surface area contributed by atoms with Crippen molar-refractivity contribution in [3.63, 3.8) is 0 Å². The molecule has 0 bridgehead atoms. The van der Waals surface area contributed by atoms with Gasteiger partial charge in [-0.15, -0.1) is 0 Å². The maximum Gasteiger partial charge on any atom is 0.316 e. The van der Waals surface area contributed by atoms with Crippen LogP contribution in [0, 0.1) is 0 Å². The number of primary amides is 1. The Labute approximate surface area is 141 Å². The molecule has 2 rings (SSSR count). The Kier molecular flexibility index (Phi) is 5.79. The minimum absolute atomic E-state index is 0.282. The highest BCUT2D eigenvalue weighted by atomic mass is 32.2. The van der Waals surface area contributed by atoms with Crippen molar-refractivity contribution in [2.45, 2.75) is 31.8 Å². The van der Waals surface area contributed by atoms with Gasteiger partial charge in [-0.05, 0) is 30.5 Å². The van der Waals surface area contributed by atoms with E-state index in [0.29, 0.717) is 18.7 Å². The lowest BCUT2D eigenvalue weighted by Gasteiger charge is -2.32. The Morgan fingerprint density at radius 2 is 1.92 bits per heavy atom. The van der Waals surface area contributed by atoms with E-state index < -0.39 is 22.1 Å². The molecule has 1 unspecified atom stereocenters. The molecule has 8 nitrogen and oxygen atoms in total. The summed E-state index contributed by atoms with van der Waals surface area (Å²) in [5, 5.41) is 5.22. The average molecular weight is 354 g/mol. The van der Waals surface area contributed by atoms with Gasteiger partial charge in [0.25, 0.3) is 0 Å². The molecule has 1 aromatic rings. The van der Waals surface area contributed by atoms with Crippen LogP contribution in [0.2, 0.25) is 0 Å². The van der Waals surface area contributed by atoms with E-state index in [0.717, 1.165) is 24.7 Å². The highest BCUT2D eigenvalue weighted by Crippen LogP contribution is 2.20. The summed E-state index contributed by atoms with van der Waals surface area (Å²) in [7, 11) is -3.40. The van der Waals surface area contributed by atoms with E-state index in [-0.39, 0.29) is 12.5 Å². The Hall–Kier alpha value is -2.13. The van der Waals surface area contributed by atoms with Gasteiger partial charge in [-0.1, -0.05) is 18.6 Å². The fourth-order valence-electron chi connectivity index (χ4n) is 2.72. The number of nitrogens with zero attached hydrogens (tertiary/aromatic N) is 1. The van der Waals surface area contributed by atoms with Crippen molar-refractivity contribution in [3.05, 3.63) is 29.8 Å². The number of hydrogen-bond acceptors (Lipinski definition) is 4. The molecule has 0 saturated carbocycles. The number of urea groups is 1. The van der Waals surface area contributed by atoms with Crippen LogP contribution < -0.4 is 16.4 Å². The molecule has 0 aromatic heterocycles. The summed E-state index contributed by atoms with van der Waals surface area (Å²) in [5.41, 5.74) is 6.43. The fraction of sp³-hybridized carbons (Fsp3) is 0.467. The highest BCUT2D eigenvalue weighted by molar-refractivity contribution is 7.88. The number of piperidine rings is 1. The van der Waals surface area contributed by atoms with Crippen LogP contribution in [0.25, 0.3) is 0 Å². The molecule has 4 N–H and O–H groups in total. The molecular formula is C15H22N4O4S. The van der Waals surface area contributed by atoms with E-state index in [1.807, 2.05) is 0 Å². The zero-order valence-corrected chi connectivity index (χ0v) is 14.3. The first kappa shape index (κ1) is 18.2. The van der Waals surface area contributed by atoms with E-state index in [1.165, 1.54) is 4.31 Å². The standard InChI is InChI=1S/C15H22N4O4S/c1-24(22,23)19-9-3-2-4-13(19)14(20)17-10-11-5-7-12(8-6-11)18-15(16)21/h5-8,13H,2-4,9-10H2,1H3,(H,17,20)(H3,16,18,21). The minimum Gasteiger partial charge on any atom is -0.351 e. The van der Waals surface area contributed by atoms with Gasteiger partial charge in [-0.2, -0.15) is 4.31 Å². The maximum absolute atomic E-state index is 12.4. The highest BCUT2D eigenvalue weighted by Gasteiger charge is 2.34. The van der Waals surface area contributed by atoms with E-state index in [1.54, 1.807) is 24.3 Å². The van der Waals surface area contributed by atoms with Gasteiger partial charge in [0.05, 0.1) is 6.26 Å². The number of nitrogens with one attached hydrogen (secondary N) is 2. The SMILES string of the molecule is CS(=O)(=O)N1CCCCC1C(=O)NCc1ccc(NC(N)=O)cc1. The van der Waals surface area contributed by atoms with Crippen LogP contribution in [0.1, 0.15) is 24.8 Å². The lowest BCUT2D eigenvalue weighted by Crippen LogP contribution is -2.51. The molecule has 1 heterocycles.